The van der Waals surface area contributed by atoms with E-state index in [1.807, 2.05) is 51.1 Å². The molecule has 11 atom stereocenters. The molecule has 2 fully saturated rings. The van der Waals surface area contributed by atoms with Crippen LogP contribution in [0.5, 0.6) is 0 Å². The summed E-state index contributed by atoms with van der Waals surface area (Å²) < 4.78 is 16.6. The molecule has 2 aliphatic heterocycles. The Kier molecular flexibility index (Phi) is 12.0. The highest BCUT2D eigenvalue weighted by molar-refractivity contribution is 5.98. The van der Waals surface area contributed by atoms with Gasteiger partial charge in [0.15, 0.2) is 6.10 Å². The number of hydrogen-bond donors (Lipinski definition) is 6. The Balaban J connectivity index is 1.92. The molecule has 1 aromatic rings. The van der Waals surface area contributed by atoms with Crippen LogP contribution in [0.2, 0.25) is 0 Å². The minimum atomic E-state index is -3.82. The molecule has 1 aromatic carbocycles. The molecular weight excluding hydrogens is 604 g/mol. The number of benzene rings is 1. The maximum absolute atomic E-state index is 13.0. The summed E-state index contributed by atoms with van der Waals surface area (Å²) in [6.45, 7) is 9.56. The molecule has 0 radical (unpaired) electrons. The summed E-state index contributed by atoms with van der Waals surface area (Å²) in [5.41, 5.74) is -6.29. The summed E-state index contributed by atoms with van der Waals surface area (Å²) in [7, 11) is 0. The average Bonchev–Trinajstić information content (AvgIpc) is 3.22. The van der Waals surface area contributed by atoms with Gasteiger partial charge in [0.1, 0.15) is 6.10 Å². The van der Waals surface area contributed by atoms with E-state index in [4.69, 9.17) is 14.2 Å². The molecule has 0 aliphatic carbocycles. The number of aliphatic hydroxyl groups excluding tert-OH is 2. The van der Waals surface area contributed by atoms with Crippen LogP contribution in [0.3, 0.4) is 0 Å². The van der Waals surface area contributed by atoms with Crippen LogP contribution in [0, 0.1) is 23.7 Å². The predicted octanol–water partition coefficient (Wildman–Crippen LogP) is 2.62. The van der Waals surface area contributed by atoms with Crippen LogP contribution in [0.25, 0.3) is 0 Å². The Morgan fingerprint density at radius 3 is 2.11 bits per heavy atom. The zero-order valence-corrected chi connectivity index (χ0v) is 27.0. The SMILES string of the molecule is CC[C@H](C)C[C@H](C)CCC(=O)O[C@@H]1[C@@H](O)[C@]2(CCC(C)[C@@H](O)[C@H](C)Cc3ccccc3)O[C@H](C(=O)O)[C@@](O)(C(=O)O)[C@@]1(C(=O)O)O2. The van der Waals surface area contributed by atoms with Crippen molar-refractivity contribution < 1.29 is 64.0 Å². The molecule has 2 saturated heterocycles. The van der Waals surface area contributed by atoms with Crippen LogP contribution in [-0.4, -0.2) is 95.9 Å². The minimum Gasteiger partial charge on any atom is -0.479 e. The second kappa shape index (κ2) is 14.8. The van der Waals surface area contributed by atoms with Gasteiger partial charge in [0, 0.05) is 12.8 Å². The monoisotopic (exact) mass is 652 g/mol. The standard InChI is InChI=1S/C33H48O13/c1-6-18(2)16-19(3)12-13-23(34)44-26-25(36)31(15-14-20(4)24(35)21(5)17-22-10-8-7-9-11-22)45-27(28(37)38)32(43,29(39)40)33(26,46-31)30(41)42/h7-11,18-21,24-27,35-36,43H,6,12-17H2,1-5H3,(H,37,38)(H,39,40)(H,41,42)/t18-,19+,20?,21+,24+,25+,26+,27+,31+,32+,33+/m0/s1. The lowest BCUT2D eigenvalue weighted by atomic mass is 9.74. The summed E-state index contributed by atoms with van der Waals surface area (Å²) in [6, 6.07) is 9.45. The molecule has 1 unspecified atom stereocenters. The highest BCUT2D eigenvalue weighted by Crippen LogP contribution is 2.56. The van der Waals surface area contributed by atoms with E-state index >= 15 is 0 Å². The van der Waals surface area contributed by atoms with Crippen LogP contribution in [0.4, 0.5) is 0 Å². The summed E-state index contributed by atoms with van der Waals surface area (Å²) in [5.74, 6) is -10.3. The Morgan fingerprint density at radius 2 is 1.57 bits per heavy atom. The molecule has 46 heavy (non-hydrogen) atoms. The van der Waals surface area contributed by atoms with Gasteiger partial charge in [-0.25, -0.2) is 14.4 Å². The van der Waals surface area contributed by atoms with Crippen molar-refractivity contribution in [2.75, 3.05) is 0 Å². The van der Waals surface area contributed by atoms with E-state index in [0.29, 0.717) is 18.8 Å². The van der Waals surface area contributed by atoms with Gasteiger partial charge >= 0.3 is 23.9 Å². The summed E-state index contributed by atoms with van der Waals surface area (Å²) >= 11 is 0. The van der Waals surface area contributed by atoms with Crippen molar-refractivity contribution in [2.45, 2.75) is 121 Å². The molecule has 6 N–H and O–H groups in total. The lowest BCUT2D eigenvalue weighted by Crippen LogP contribution is -2.78. The van der Waals surface area contributed by atoms with Crippen molar-refractivity contribution in [3.63, 3.8) is 0 Å². The number of carboxylic acid groups (broad SMARTS) is 3. The minimum absolute atomic E-state index is 0.0152. The number of carboxylic acids is 3. The third-order valence-electron chi connectivity index (χ3n) is 9.72. The molecule has 2 aliphatic rings. The number of aliphatic hydroxyl groups is 3. The van der Waals surface area contributed by atoms with Crippen molar-refractivity contribution in [1.82, 2.24) is 0 Å². The van der Waals surface area contributed by atoms with E-state index in [-0.39, 0.29) is 24.7 Å². The van der Waals surface area contributed by atoms with Gasteiger partial charge in [-0.1, -0.05) is 71.4 Å². The molecule has 13 heteroatoms. The Morgan fingerprint density at radius 1 is 0.935 bits per heavy atom. The predicted molar refractivity (Wildman–Crippen MR) is 161 cm³/mol. The normalized spacial score (nSPS) is 32.1. The number of carbonyl (C=O) groups excluding carboxylic acids is 1. The van der Waals surface area contributed by atoms with Crippen LogP contribution in [-0.2, 0) is 39.8 Å². The van der Waals surface area contributed by atoms with Gasteiger partial charge in [0.25, 0.3) is 0 Å². The first-order valence-corrected chi connectivity index (χ1v) is 15.9. The maximum atomic E-state index is 13.0. The van der Waals surface area contributed by atoms with E-state index in [0.717, 1.165) is 18.4 Å². The van der Waals surface area contributed by atoms with Crippen LogP contribution < -0.4 is 0 Å². The summed E-state index contributed by atoms with van der Waals surface area (Å²) in [6.07, 6.45) is -6.26. The fourth-order valence-electron chi connectivity index (χ4n) is 6.75. The third-order valence-corrected chi connectivity index (χ3v) is 9.72. The smallest absolute Gasteiger partial charge is 0.344 e. The van der Waals surface area contributed by atoms with Crippen molar-refractivity contribution in [3.05, 3.63) is 35.9 Å². The molecular formula is C33H48O13. The van der Waals surface area contributed by atoms with E-state index < -0.39 is 77.6 Å². The molecule has 0 amide bonds. The number of aliphatic carboxylic acids is 3. The van der Waals surface area contributed by atoms with Crippen molar-refractivity contribution in [1.29, 1.82) is 0 Å². The molecule has 0 spiro atoms. The number of ether oxygens (including phenoxy) is 3. The fourth-order valence-corrected chi connectivity index (χ4v) is 6.75. The van der Waals surface area contributed by atoms with Crippen LogP contribution in [0.15, 0.2) is 30.3 Å². The zero-order valence-electron chi connectivity index (χ0n) is 27.0. The van der Waals surface area contributed by atoms with E-state index in [2.05, 4.69) is 6.92 Å². The first kappa shape index (κ1) is 37.4. The molecule has 13 nitrogen and oxygen atoms in total. The molecule has 3 rings (SSSR count). The average molecular weight is 653 g/mol. The second-order valence-corrected chi connectivity index (χ2v) is 13.3. The summed E-state index contributed by atoms with van der Waals surface area (Å²) in [5, 5.41) is 64.3. The number of esters is 1. The first-order valence-electron chi connectivity index (χ1n) is 15.9. The lowest BCUT2D eigenvalue weighted by Gasteiger charge is -2.48. The van der Waals surface area contributed by atoms with E-state index in [1.54, 1.807) is 6.92 Å². The quantitative estimate of drug-likeness (QED) is 0.134. The number of hydrogen-bond acceptors (Lipinski definition) is 10. The van der Waals surface area contributed by atoms with Gasteiger partial charge < -0.3 is 44.8 Å². The van der Waals surface area contributed by atoms with Crippen molar-refractivity contribution >= 4 is 23.9 Å². The fraction of sp³-hybridized carbons (Fsp3) is 0.697. The van der Waals surface area contributed by atoms with Crippen molar-refractivity contribution in [2.24, 2.45) is 23.7 Å². The Hall–Kier alpha value is -3.10. The molecule has 0 aromatic heterocycles. The largest absolute Gasteiger partial charge is 0.479 e. The van der Waals surface area contributed by atoms with E-state index in [1.165, 1.54) is 0 Å². The van der Waals surface area contributed by atoms with Crippen molar-refractivity contribution in [3.8, 4) is 0 Å². The lowest BCUT2D eigenvalue weighted by molar-refractivity contribution is -0.374. The number of fused-ring (bicyclic) bond motifs is 2. The van der Waals surface area contributed by atoms with Gasteiger partial charge in [-0.05, 0) is 54.9 Å². The van der Waals surface area contributed by atoms with Gasteiger partial charge in [-0.2, -0.15) is 0 Å². The molecule has 258 valence electrons. The molecule has 2 heterocycles. The number of rotatable bonds is 17. The number of carbonyl (C=O) groups is 4. The van der Waals surface area contributed by atoms with Gasteiger partial charge in [-0.15, -0.1) is 0 Å². The topological polar surface area (TPSA) is 217 Å². The highest BCUT2D eigenvalue weighted by atomic mass is 16.8. The Bertz CT molecular complexity index is 1240. The zero-order chi connectivity index (χ0) is 34.6. The second-order valence-electron chi connectivity index (χ2n) is 13.3. The molecule has 0 saturated carbocycles. The van der Waals surface area contributed by atoms with Gasteiger partial charge in [0.05, 0.1) is 6.10 Å². The first-order chi connectivity index (χ1) is 21.5. The van der Waals surface area contributed by atoms with Gasteiger partial charge in [0.2, 0.25) is 23.1 Å². The highest BCUT2D eigenvalue weighted by Gasteiger charge is 2.85. The maximum Gasteiger partial charge on any atom is 0.344 e. The Labute approximate surface area is 268 Å². The van der Waals surface area contributed by atoms with Crippen LogP contribution >= 0.6 is 0 Å². The molecule has 2 bridgehead atoms. The third kappa shape index (κ3) is 7.08. The van der Waals surface area contributed by atoms with E-state index in [9.17, 15) is 49.8 Å². The summed E-state index contributed by atoms with van der Waals surface area (Å²) in [4.78, 5) is 50.7. The van der Waals surface area contributed by atoms with Crippen LogP contribution in [0.1, 0.15) is 78.7 Å². The van der Waals surface area contributed by atoms with Gasteiger partial charge in [-0.3, -0.25) is 4.79 Å².